The topological polar surface area (TPSA) is 81.0 Å². The molecule has 0 aliphatic carbocycles. The van der Waals surface area contributed by atoms with Crippen molar-refractivity contribution in [3.8, 4) is 5.75 Å². The minimum Gasteiger partial charge on any atom is -0.477 e. The van der Waals surface area contributed by atoms with Crippen molar-refractivity contribution < 1.29 is 18.7 Å². The van der Waals surface area contributed by atoms with Gasteiger partial charge >= 0.3 is 0 Å². The van der Waals surface area contributed by atoms with Crippen molar-refractivity contribution in [2.75, 3.05) is 26.3 Å². The van der Waals surface area contributed by atoms with Crippen molar-refractivity contribution in [1.82, 2.24) is 10.2 Å². The third-order valence-electron chi connectivity index (χ3n) is 4.36. The van der Waals surface area contributed by atoms with E-state index in [9.17, 15) is 9.59 Å². The lowest BCUT2D eigenvalue weighted by molar-refractivity contribution is -0.123. The number of nitrogens with one attached hydrogen (secondary N) is 1. The molecule has 0 spiro atoms. The number of amides is 1. The van der Waals surface area contributed by atoms with Crippen LogP contribution in [0.25, 0.3) is 0 Å². The van der Waals surface area contributed by atoms with E-state index in [4.69, 9.17) is 13.9 Å². The van der Waals surface area contributed by atoms with E-state index in [2.05, 4.69) is 22.3 Å². The minimum absolute atomic E-state index is 0.00347. The summed E-state index contributed by atoms with van der Waals surface area (Å²) in [4.78, 5) is 26.1. The lowest BCUT2D eigenvalue weighted by Crippen LogP contribution is -2.38. The summed E-state index contributed by atoms with van der Waals surface area (Å²) in [6, 6.07) is 11.5. The molecule has 1 fully saturated rings. The van der Waals surface area contributed by atoms with Crippen molar-refractivity contribution in [1.29, 1.82) is 0 Å². The second kappa shape index (κ2) is 9.52. The normalized spacial score (nSPS) is 17.5. The van der Waals surface area contributed by atoms with Gasteiger partial charge in [-0.2, -0.15) is 0 Å². The molecule has 7 heteroatoms. The quantitative estimate of drug-likeness (QED) is 0.785. The molecule has 1 unspecified atom stereocenters. The second-order valence-corrected chi connectivity index (χ2v) is 7.09. The predicted molar refractivity (Wildman–Crippen MR) is 104 cm³/mol. The van der Waals surface area contributed by atoms with Crippen LogP contribution < -0.4 is 15.5 Å². The lowest BCUT2D eigenvalue weighted by Gasteiger charge is -2.32. The summed E-state index contributed by atoms with van der Waals surface area (Å²) in [5.41, 5.74) is 0.837. The highest BCUT2D eigenvalue weighted by molar-refractivity contribution is 5.77. The predicted octanol–water partition coefficient (Wildman–Crippen LogP) is 2.12. The SMILES string of the molecule is CC(C)NC(=O)COc1coc(CN2CCOC(c3ccccc3)C2)cc1=O. The van der Waals surface area contributed by atoms with Crippen molar-refractivity contribution in [2.24, 2.45) is 0 Å². The summed E-state index contributed by atoms with van der Waals surface area (Å²) in [5, 5.41) is 2.70. The molecule has 1 saturated heterocycles. The van der Waals surface area contributed by atoms with Crippen LogP contribution in [0.4, 0.5) is 0 Å². The van der Waals surface area contributed by atoms with Gasteiger partial charge in [-0.1, -0.05) is 30.3 Å². The first-order valence-corrected chi connectivity index (χ1v) is 9.44. The Balaban J connectivity index is 1.56. The first-order valence-electron chi connectivity index (χ1n) is 9.44. The lowest BCUT2D eigenvalue weighted by atomic mass is 10.1. The Morgan fingerprint density at radius 2 is 2.11 bits per heavy atom. The number of rotatable bonds is 7. The maximum absolute atomic E-state index is 12.2. The van der Waals surface area contributed by atoms with Gasteiger partial charge < -0.3 is 19.2 Å². The molecule has 1 amide bonds. The van der Waals surface area contributed by atoms with Gasteiger partial charge in [0.05, 0.1) is 19.3 Å². The molecule has 3 rings (SSSR count). The molecule has 0 bridgehead atoms. The Labute approximate surface area is 164 Å². The number of hydrogen-bond acceptors (Lipinski definition) is 6. The van der Waals surface area contributed by atoms with Gasteiger partial charge in [0.2, 0.25) is 11.2 Å². The van der Waals surface area contributed by atoms with Crippen molar-refractivity contribution in [3.63, 3.8) is 0 Å². The Morgan fingerprint density at radius 1 is 1.32 bits per heavy atom. The summed E-state index contributed by atoms with van der Waals surface area (Å²) in [7, 11) is 0. The van der Waals surface area contributed by atoms with E-state index in [1.165, 1.54) is 12.3 Å². The van der Waals surface area contributed by atoms with Crippen LogP contribution in [0.1, 0.15) is 31.3 Å². The Hall–Kier alpha value is -2.64. The standard InChI is InChI=1S/C21H26N2O5/c1-15(2)22-21(25)14-28-20-13-27-17(10-18(20)24)11-23-8-9-26-19(12-23)16-6-4-3-5-7-16/h3-7,10,13,15,19H,8-9,11-12,14H2,1-2H3,(H,22,25). The molecule has 7 nitrogen and oxygen atoms in total. The zero-order chi connectivity index (χ0) is 19.9. The molecule has 28 heavy (non-hydrogen) atoms. The maximum atomic E-state index is 12.2. The zero-order valence-electron chi connectivity index (χ0n) is 16.2. The van der Waals surface area contributed by atoms with E-state index in [1.807, 2.05) is 32.0 Å². The number of carbonyl (C=O) groups is 1. The average Bonchev–Trinajstić information content (AvgIpc) is 2.68. The van der Waals surface area contributed by atoms with Crippen LogP contribution in [-0.2, 0) is 16.1 Å². The number of morpholine rings is 1. The van der Waals surface area contributed by atoms with Gasteiger partial charge in [0.15, 0.2) is 6.61 Å². The molecule has 1 aliphatic rings. The Bertz CT molecular complexity index is 834. The van der Waals surface area contributed by atoms with Crippen LogP contribution in [0.2, 0.25) is 0 Å². The summed E-state index contributed by atoms with van der Waals surface area (Å²) in [6.07, 6.45) is 1.28. The smallest absolute Gasteiger partial charge is 0.258 e. The molecule has 1 N–H and O–H groups in total. The molecule has 1 aromatic heterocycles. The highest BCUT2D eigenvalue weighted by Crippen LogP contribution is 2.23. The fourth-order valence-electron chi connectivity index (χ4n) is 3.07. The largest absolute Gasteiger partial charge is 0.477 e. The molecule has 0 radical (unpaired) electrons. The van der Waals surface area contributed by atoms with Crippen LogP contribution in [0.15, 0.2) is 51.9 Å². The van der Waals surface area contributed by atoms with Crippen LogP contribution in [-0.4, -0.2) is 43.2 Å². The van der Waals surface area contributed by atoms with Crippen molar-refractivity contribution in [3.05, 3.63) is 64.2 Å². The van der Waals surface area contributed by atoms with Gasteiger partial charge in [-0.25, -0.2) is 0 Å². The minimum atomic E-state index is -0.300. The third kappa shape index (κ3) is 5.68. The van der Waals surface area contributed by atoms with E-state index < -0.39 is 0 Å². The number of ether oxygens (including phenoxy) is 2. The van der Waals surface area contributed by atoms with Gasteiger partial charge in [0.25, 0.3) is 5.91 Å². The van der Waals surface area contributed by atoms with E-state index in [0.717, 1.165) is 18.7 Å². The van der Waals surface area contributed by atoms with E-state index in [-0.39, 0.29) is 35.8 Å². The molecule has 1 atom stereocenters. The zero-order valence-corrected chi connectivity index (χ0v) is 16.2. The fourth-order valence-corrected chi connectivity index (χ4v) is 3.07. The van der Waals surface area contributed by atoms with Gasteiger partial charge in [0, 0.05) is 25.2 Å². The monoisotopic (exact) mass is 386 g/mol. The Morgan fingerprint density at radius 3 is 2.82 bits per heavy atom. The molecule has 2 heterocycles. The molecular weight excluding hydrogens is 360 g/mol. The summed E-state index contributed by atoms with van der Waals surface area (Å²) in [6.45, 7) is 6.11. The van der Waals surface area contributed by atoms with E-state index in [1.54, 1.807) is 0 Å². The van der Waals surface area contributed by atoms with Gasteiger partial charge in [-0.05, 0) is 19.4 Å². The van der Waals surface area contributed by atoms with Crippen molar-refractivity contribution in [2.45, 2.75) is 32.5 Å². The number of benzene rings is 1. The Kier molecular flexibility index (Phi) is 6.84. The van der Waals surface area contributed by atoms with Crippen LogP contribution in [0.3, 0.4) is 0 Å². The van der Waals surface area contributed by atoms with E-state index >= 15 is 0 Å². The molecule has 2 aromatic rings. The number of hydrogen-bond donors (Lipinski definition) is 1. The van der Waals surface area contributed by atoms with Crippen LogP contribution in [0.5, 0.6) is 5.75 Å². The molecule has 150 valence electrons. The summed E-state index contributed by atoms with van der Waals surface area (Å²) >= 11 is 0. The summed E-state index contributed by atoms with van der Waals surface area (Å²) < 4.78 is 16.7. The fraction of sp³-hybridized carbons (Fsp3) is 0.429. The van der Waals surface area contributed by atoms with Gasteiger partial charge in [0.1, 0.15) is 12.0 Å². The second-order valence-electron chi connectivity index (χ2n) is 7.09. The summed E-state index contributed by atoms with van der Waals surface area (Å²) in [5.74, 6) is 0.309. The van der Waals surface area contributed by atoms with Crippen LogP contribution >= 0.6 is 0 Å². The van der Waals surface area contributed by atoms with Gasteiger partial charge in [-0.3, -0.25) is 14.5 Å². The van der Waals surface area contributed by atoms with Crippen LogP contribution in [0, 0.1) is 0 Å². The maximum Gasteiger partial charge on any atom is 0.258 e. The molecule has 0 saturated carbocycles. The highest BCUT2D eigenvalue weighted by atomic mass is 16.5. The molecule has 1 aliphatic heterocycles. The molecular formula is C21H26N2O5. The average molecular weight is 386 g/mol. The first kappa shape index (κ1) is 20.1. The van der Waals surface area contributed by atoms with Gasteiger partial charge in [-0.15, -0.1) is 0 Å². The first-order chi connectivity index (χ1) is 13.5. The number of carbonyl (C=O) groups excluding carboxylic acids is 1. The third-order valence-corrected chi connectivity index (χ3v) is 4.36. The van der Waals surface area contributed by atoms with Crippen molar-refractivity contribution >= 4 is 5.91 Å². The number of nitrogens with zero attached hydrogens (tertiary/aromatic N) is 1. The van der Waals surface area contributed by atoms with E-state index in [0.29, 0.717) is 18.9 Å². The molecule has 1 aromatic carbocycles. The highest BCUT2D eigenvalue weighted by Gasteiger charge is 2.22.